The summed E-state index contributed by atoms with van der Waals surface area (Å²) in [7, 11) is 0. The molecule has 3 rings (SSSR count). The average molecular weight is 574 g/mol. The SMILES string of the molecule is CCNC(=NCCOC1CCCCCC1)NCCC(=O)N1CCN(c2ncccn2)CC1.I. The van der Waals surface area contributed by atoms with E-state index in [9.17, 15) is 4.79 Å². The summed E-state index contributed by atoms with van der Waals surface area (Å²) in [6, 6.07) is 1.81. The van der Waals surface area contributed by atoms with Crippen LogP contribution < -0.4 is 15.5 Å². The van der Waals surface area contributed by atoms with Crippen LogP contribution in [0.5, 0.6) is 0 Å². The van der Waals surface area contributed by atoms with E-state index in [0.29, 0.717) is 45.3 Å². The topological polar surface area (TPSA) is 95.0 Å². The lowest BCUT2D eigenvalue weighted by molar-refractivity contribution is -0.131. The van der Waals surface area contributed by atoms with Gasteiger partial charge in [0.1, 0.15) is 0 Å². The van der Waals surface area contributed by atoms with Crippen LogP contribution in [-0.2, 0) is 9.53 Å². The number of ether oxygens (including phenoxy) is 1. The van der Waals surface area contributed by atoms with E-state index in [1.807, 2.05) is 17.9 Å². The summed E-state index contributed by atoms with van der Waals surface area (Å²) in [5, 5.41) is 6.53. The zero-order valence-corrected chi connectivity index (χ0v) is 22.2. The standard InChI is InChI=1S/C23H39N7O2.HI/c1-2-24-22(26-14-19-32-20-8-5-3-4-6-9-20)25-13-10-21(31)29-15-17-30(18-16-29)23-27-11-7-12-28-23;/h7,11-12,20H,2-6,8-10,13-19H2,1H3,(H2,24,25,26);1H. The number of nitrogens with zero attached hydrogens (tertiary/aromatic N) is 5. The second-order valence-corrected chi connectivity index (χ2v) is 8.34. The highest BCUT2D eigenvalue weighted by molar-refractivity contribution is 14.0. The van der Waals surface area contributed by atoms with Crippen molar-refractivity contribution in [3.05, 3.63) is 18.5 Å². The Morgan fingerprint density at radius 3 is 2.45 bits per heavy atom. The molecule has 10 heteroatoms. The predicted octanol–water partition coefficient (Wildman–Crippen LogP) is 2.43. The molecule has 1 aromatic rings. The van der Waals surface area contributed by atoms with Crippen molar-refractivity contribution in [3.63, 3.8) is 0 Å². The summed E-state index contributed by atoms with van der Waals surface area (Å²) in [6.07, 6.45) is 11.9. The Balaban J connectivity index is 0.00000385. The molecule has 1 aliphatic heterocycles. The fourth-order valence-corrected chi connectivity index (χ4v) is 4.18. The Bertz CT molecular complexity index is 691. The number of piperazine rings is 1. The lowest BCUT2D eigenvalue weighted by Crippen LogP contribution is -2.50. The lowest BCUT2D eigenvalue weighted by Gasteiger charge is -2.34. The number of guanidine groups is 1. The van der Waals surface area contributed by atoms with Crippen LogP contribution in [0, 0.1) is 0 Å². The van der Waals surface area contributed by atoms with E-state index in [-0.39, 0.29) is 29.9 Å². The summed E-state index contributed by atoms with van der Waals surface area (Å²) in [4.78, 5) is 29.8. The third-order valence-corrected chi connectivity index (χ3v) is 5.96. The van der Waals surface area contributed by atoms with Gasteiger partial charge in [0.2, 0.25) is 11.9 Å². The van der Waals surface area contributed by atoms with E-state index in [0.717, 1.165) is 31.5 Å². The summed E-state index contributed by atoms with van der Waals surface area (Å²) >= 11 is 0. The van der Waals surface area contributed by atoms with E-state index in [2.05, 4.69) is 30.5 Å². The molecule has 1 saturated carbocycles. The minimum atomic E-state index is 0. The second kappa shape index (κ2) is 16.0. The molecule has 2 fully saturated rings. The Hall–Kier alpha value is -1.69. The van der Waals surface area contributed by atoms with Crippen LogP contribution in [0.2, 0.25) is 0 Å². The first-order valence-corrected chi connectivity index (χ1v) is 12.2. The maximum absolute atomic E-state index is 12.6. The van der Waals surface area contributed by atoms with Crippen molar-refractivity contribution in [2.24, 2.45) is 4.99 Å². The smallest absolute Gasteiger partial charge is 0.225 e. The Morgan fingerprint density at radius 1 is 1.09 bits per heavy atom. The van der Waals surface area contributed by atoms with Gasteiger partial charge < -0.3 is 25.2 Å². The number of aliphatic imine (C=N–C) groups is 1. The van der Waals surface area contributed by atoms with Crippen molar-refractivity contribution in [2.75, 3.05) is 57.3 Å². The van der Waals surface area contributed by atoms with Crippen LogP contribution in [0.3, 0.4) is 0 Å². The number of hydrogen-bond donors (Lipinski definition) is 2. The molecule has 0 bridgehead atoms. The van der Waals surface area contributed by atoms with Gasteiger partial charge in [-0.3, -0.25) is 9.79 Å². The fraction of sp³-hybridized carbons (Fsp3) is 0.739. The molecule has 186 valence electrons. The average Bonchev–Trinajstić information content (AvgIpc) is 3.11. The number of nitrogens with one attached hydrogen (secondary N) is 2. The first kappa shape index (κ1) is 27.6. The zero-order valence-electron chi connectivity index (χ0n) is 19.9. The molecule has 33 heavy (non-hydrogen) atoms. The van der Waals surface area contributed by atoms with E-state index in [4.69, 9.17) is 4.74 Å². The normalized spacial score (nSPS) is 17.8. The van der Waals surface area contributed by atoms with Gasteiger partial charge in [0.05, 0.1) is 19.3 Å². The van der Waals surface area contributed by atoms with Gasteiger partial charge in [-0.15, -0.1) is 24.0 Å². The van der Waals surface area contributed by atoms with Gasteiger partial charge in [0, 0.05) is 58.1 Å². The molecule has 2 heterocycles. The number of amides is 1. The van der Waals surface area contributed by atoms with Crippen molar-refractivity contribution in [3.8, 4) is 0 Å². The summed E-state index contributed by atoms with van der Waals surface area (Å²) < 4.78 is 6.02. The molecule has 1 saturated heterocycles. The van der Waals surface area contributed by atoms with Gasteiger partial charge in [0.15, 0.2) is 5.96 Å². The molecule has 0 radical (unpaired) electrons. The Morgan fingerprint density at radius 2 is 1.79 bits per heavy atom. The number of halogens is 1. The summed E-state index contributed by atoms with van der Waals surface area (Å²) in [5.74, 6) is 1.64. The van der Waals surface area contributed by atoms with E-state index in [1.54, 1.807) is 12.4 Å². The molecule has 2 aliphatic rings. The fourth-order valence-electron chi connectivity index (χ4n) is 4.18. The number of carbonyl (C=O) groups excluding carboxylic acids is 1. The zero-order chi connectivity index (χ0) is 22.4. The summed E-state index contributed by atoms with van der Waals surface area (Å²) in [5.41, 5.74) is 0. The van der Waals surface area contributed by atoms with Crippen LogP contribution in [0.1, 0.15) is 51.9 Å². The minimum Gasteiger partial charge on any atom is -0.376 e. The number of carbonyl (C=O) groups is 1. The minimum absolute atomic E-state index is 0. The molecule has 0 atom stereocenters. The lowest BCUT2D eigenvalue weighted by atomic mass is 10.1. The number of hydrogen-bond acceptors (Lipinski definition) is 6. The summed E-state index contributed by atoms with van der Waals surface area (Å²) in [6.45, 7) is 7.58. The second-order valence-electron chi connectivity index (χ2n) is 8.34. The predicted molar refractivity (Wildman–Crippen MR) is 142 cm³/mol. The van der Waals surface area contributed by atoms with Crippen molar-refractivity contribution in [1.82, 2.24) is 25.5 Å². The van der Waals surface area contributed by atoms with Gasteiger partial charge in [-0.05, 0) is 25.8 Å². The van der Waals surface area contributed by atoms with Crippen molar-refractivity contribution >= 4 is 41.8 Å². The van der Waals surface area contributed by atoms with Crippen molar-refractivity contribution in [2.45, 2.75) is 58.0 Å². The van der Waals surface area contributed by atoms with Gasteiger partial charge >= 0.3 is 0 Å². The third-order valence-electron chi connectivity index (χ3n) is 5.96. The van der Waals surface area contributed by atoms with Crippen molar-refractivity contribution in [1.29, 1.82) is 0 Å². The van der Waals surface area contributed by atoms with Gasteiger partial charge in [0.25, 0.3) is 0 Å². The molecular weight excluding hydrogens is 533 g/mol. The Labute approximate surface area is 215 Å². The molecule has 0 unspecified atom stereocenters. The van der Waals surface area contributed by atoms with Crippen LogP contribution in [0.15, 0.2) is 23.5 Å². The quantitative estimate of drug-likeness (QED) is 0.154. The maximum atomic E-state index is 12.6. The first-order valence-electron chi connectivity index (χ1n) is 12.2. The Kier molecular flexibility index (Phi) is 13.4. The number of rotatable bonds is 9. The van der Waals surface area contributed by atoms with Crippen molar-refractivity contribution < 1.29 is 9.53 Å². The molecule has 1 aromatic heterocycles. The molecule has 1 amide bonds. The third kappa shape index (κ3) is 9.99. The van der Waals surface area contributed by atoms with Gasteiger partial charge in [-0.1, -0.05) is 25.7 Å². The van der Waals surface area contributed by atoms with E-state index >= 15 is 0 Å². The number of anilines is 1. The van der Waals surface area contributed by atoms with E-state index in [1.165, 1.54) is 38.5 Å². The van der Waals surface area contributed by atoms with Crippen LogP contribution in [-0.4, -0.2) is 85.3 Å². The highest BCUT2D eigenvalue weighted by atomic mass is 127. The highest BCUT2D eigenvalue weighted by Gasteiger charge is 2.22. The van der Waals surface area contributed by atoms with Crippen LogP contribution in [0.25, 0.3) is 0 Å². The molecular formula is C23H40IN7O2. The molecule has 0 spiro atoms. The molecule has 1 aliphatic carbocycles. The molecule has 2 N–H and O–H groups in total. The largest absolute Gasteiger partial charge is 0.376 e. The molecule has 9 nitrogen and oxygen atoms in total. The van der Waals surface area contributed by atoms with Crippen LogP contribution >= 0.6 is 24.0 Å². The maximum Gasteiger partial charge on any atom is 0.225 e. The van der Waals surface area contributed by atoms with E-state index < -0.39 is 0 Å². The molecule has 0 aromatic carbocycles. The monoisotopic (exact) mass is 573 g/mol. The highest BCUT2D eigenvalue weighted by Crippen LogP contribution is 2.19. The van der Waals surface area contributed by atoms with Gasteiger partial charge in [-0.25, -0.2) is 9.97 Å². The van der Waals surface area contributed by atoms with Gasteiger partial charge in [-0.2, -0.15) is 0 Å². The first-order chi connectivity index (χ1) is 15.8. The number of aromatic nitrogens is 2. The van der Waals surface area contributed by atoms with Crippen LogP contribution in [0.4, 0.5) is 5.95 Å².